The van der Waals surface area contributed by atoms with Crippen LogP contribution in [0.5, 0.6) is 0 Å². The predicted octanol–water partition coefficient (Wildman–Crippen LogP) is 3.24. The van der Waals surface area contributed by atoms with Crippen molar-refractivity contribution >= 4 is 17.2 Å². The topological polar surface area (TPSA) is 33.2 Å². The van der Waals surface area contributed by atoms with Crippen LogP contribution in [0.2, 0.25) is 0 Å². The summed E-state index contributed by atoms with van der Waals surface area (Å²) in [6.07, 6.45) is 4.60. The Balaban J connectivity index is 2.07. The van der Waals surface area contributed by atoms with Crippen LogP contribution in [0.1, 0.15) is 51.1 Å². The zero-order valence-corrected chi connectivity index (χ0v) is 11.6. The van der Waals surface area contributed by atoms with Crippen molar-refractivity contribution in [3.05, 3.63) is 16.6 Å². The molecular weight excluding hydrogens is 232 g/mol. The van der Waals surface area contributed by atoms with Crippen molar-refractivity contribution in [3.63, 3.8) is 0 Å². The Hall–Kier alpha value is -0.900. The summed E-state index contributed by atoms with van der Waals surface area (Å²) in [5.41, 5.74) is 0.0626. The molecule has 3 nitrogen and oxygen atoms in total. The van der Waals surface area contributed by atoms with Gasteiger partial charge < -0.3 is 4.90 Å². The number of thiazole rings is 1. The van der Waals surface area contributed by atoms with Crippen molar-refractivity contribution in [1.29, 1.82) is 0 Å². The van der Waals surface area contributed by atoms with E-state index in [0.29, 0.717) is 6.42 Å². The third-order valence-electron chi connectivity index (χ3n) is 2.99. The van der Waals surface area contributed by atoms with E-state index in [1.54, 1.807) is 11.3 Å². The summed E-state index contributed by atoms with van der Waals surface area (Å²) in [5, 5.41) is 3.07. The first-order valence-electron chi connectivity index (χ1n) is 6.16. The molecule has 1 saturated heterocycles. The molecule has 1 aromatic heterocycles. The molecule has 1 unspecified atom stereocenters. The molecule has 0 spiro atoms. The molecule has 4 heteroatoms. The maximum Gasteiger partial charge on any atom is 0.223 e. The minimum atomic E-state index is 0.0626. The summed E-state index contributed by atoms with van der Waals surface area (Å²) in [6, 6.07) is 0.227. The lowest BCUT2D eigenvalue weighted by molar-refractivity contribution is -0.134. The number of amides is 1. The van der Waals surface area contributed by atoms with E-state index < -0.39 is 0 Å². The Kier molecular flexibility index (Phi) is 3.52. The zero-order chi connectivity index (χ0) is 12.5. The minimum absolute atomic E-state index is 0.0626. The summed E-state index contributed by atoms with van der Waals surface area (Å²) >= 11 is 1.65. The maximum atomic E-state index is 12.3. The van der Waals surface area contributed by atoms with E-state index in [-0.39, 0.29) is 17.4 Å². The molecule has 1 amide bonds. The van der Waals surface area contributed by atoms with Crippen LogP contribution in [-0.2, 0) is 4.79 Å². The smallest absolute Gasteiger partial charge is 0.223 e. The number of nitrogens with zero attached hydrogens (tertiary/aromatic N) is 2. The molecular formula is C13H20N2OS. The highest BCUT2D eigenvalue weighted by Crippen LogP contribution is 2.34. The van der Waals surface area contributed by atoms with Crippen LogP contribution in [0.4, 0.5) is 0 Å². The van der Waals surface area contributed by atoms with Gasteiger partial charge in [0, 0.05) is 24.5 Å². The fourth-order valence-electron chi connectivity index (χ4n) is 2.28. The lowest BCUT2D eigenvalue weighted by Gasteiger charge is -2.27. The molecule has 0 bridgehead atoms. The Morgan fingerprint density at radius 1 is 1.59 bits per heavy atom. The first-order chi connectivity index (χ1) is 7.97. The van der Waals surface area contributed by atoms with Gasteiger partial charge in [0.1, 0.15) is 5.01 Å². The molecule has 94 valence electrons. The van der Waals surface area contributed by atoms with Gasteiger partial charge in [-0.25, -0.2) is 4.98 Å². The van der Waals surface area contributed by atoms with Gasteiger partial charge in [0.25, 0.3) is 0 Å². The molecule has 0 radical (unpaired) electrons. The highest BCUT2D eigenvalue weighted by molar-refractivity contribution is 7.09. The number of hydrogen-bond acceptors (Lipinski definition) is 3. The first kappa shape index (κ1) is 12.6. The van der Waals surface area contributed by atoms with Gasteiger partial charge in [-0.05, 0) is 18.3 Å². The van der Waals surface area contributed by atoms with E-state index in [9.17, 15) is 4.79 Å². The molecule has 1 atom stereocenters. The zero-order valence-electron chi connectivity index (χ0n) is 10.8. The third kappa shape index (κ3) is 3.06. The number of carbonyl (C=O) groups excluding carboxylic acids is 1. The van der Waals surface area contributed by atoms with Crippen molar-refractivity contribution < 1.29 is 4.79 Å². The van der Waals surface area contributed by atoms with Crippen LogP contribution in [0.25, 0.3) is 0 Å². The standard InChI is InChI=1S/C13H20N2OS/c1-13(2,3)9-11(16)15-7-4-5-10(15)12-14-6-8-17-12/h6,8,10H,4-5,7,9H2,1-3H3. The third-order valence-corrected chi connectivity index (χ3v) is 3.87. The van der Waals surface area contributed by atoms with Crippen molar-refractivity contribution in [2.24, 2.45) is 5.41 Å². The molecule has 0 aromatic carbocycles. The van der Waals surface area contributed by atoms with E-state index in [1.165, 1.54) is 0 Å². The second-order valence-electron chi connectivity index (χ2n) is 5.85. The van der Waals surface area contributed by atoms with Crippen LogP contribution in [0.15, 0.2) is 11.6 Å². The Morgan fingerprint density at radius 2 is 2.35 bits per heavy atom. The Labute approximate surface area is 107 Å². The average Bonchev–Trinajstić information content (AvgIpc) is 2.85. The van der Waals surface area contributed by atoms with E-state index in [4.69, 9.17) is 0 Å². The van der Waals surface area contributed by atoms with Gasteiger partial charge in [-0.2, -0.15) is 0 Å². The maximum absolute atomic E-state index is 12.3. The first-order valence-corrected chi connectivity index (χ1v) is 7.04. The fraction of sp³-hybridized carbons (Fsp3) is 0.692. The van der Waals surface area contributed by atoms with Crippen LogP contribution < -0.4 is 0 Å². The summed E-state index contributed by atoms with van der Waals surface area (Å²) < 4.78 is 0. The number of aromatic nitrogens is 1. The van der Waals surface area contributed by atoms with Gasteiger partial charge in [0.15, 0.2) is 0 Å². The highest BCUT2D eigenvalue weighted by atomic mass is 32.1. The van der Waals surface area contributed by atoms with Crippen LogP contribution >= 0.6 is 11.3 Å². The monoisotopic (exact) mass is 252 g/mol. The van der Waals surface area contributed by atoms with Crippen molar-refractivity contribution in [1.82, 2.24) is 9.88 Å². The molecule has 1 aliphatic rings. The number of hydrogen-bond donors (Lipinski definition) is 0. The van der Waals surface area contributed by atoms with Gasteiger partial charge in [0.2, 0.25) is 5.91 Å². The molecule has 1 aliphatic heterocycles. The molecule has 0 saturated carbocycles. The molecule has 2 heterocycles. The number of carbonyl (C=O) groups is 1. The Morgan fingerprint density at radius 3 is 2.94 bits per heavy atom. The van der Waals surface area contributed by atoms with Gasteiger partial charge in [-0.15, -0.1) is 11.3 Å². The second kappa shape index (κ2) is 4.77. The lowest BCUT2D eigenvalue weighted by Crippen LogP contribution is -2.33. The SMILES string of the molecule is CC(C)(C)CC(=O)N1CCCC1c1nccs1. The van der Waals surface area contributed by atoms with Gasteiger partial charge in [0.05, 0.1) is 6.04 Å². The van der Waals surface area contributed by atoms with Gasteiger partial charge >= 0.3 is 0 Å². The van der Waals surface area contributed by atoms with E-state index >= 15 is 0 Å². The average molecular weight is 252 g/mol. The van der Waals surface area contributed by atoms with Crippen LogP contribution in [0, 0.1) is 5.41 Å². The van der Waals surface area contributed by atoms with Crippen molar-refractivity contribution in [2.75, 3.05) is 6.54 Å². The number of likely N-dealkylation sites (tertiary alicyclic amines) is 1. The summed E-state index contributed by atoms with van der Waals surface area (Å²) in [4.78, 5) is 18.6. The normalized spacial score (nSPS) is 20.9. The minimum Gasteiger partial charge on any atom is -0.333 e. The largest absolute Gasteiger partial charge is 0.333 e. The van der Waals surface area contributed by atoms with E-state index in [1.807, 2.05) is 16.5 Å². The van der Waals surface area contributed by atoms with E-state index in [0.717, 1.165) is 24.4 Å². The predicted molar refractivity (Wildman–Crippen MR) is 69.9 cm³/mol. The second-order valence-corrected chi connectivity index (χ2v) is 6.78. The quantitative estimate of drug-likeness (QED) is 0.809. The van der Waals surface area contributed by atoms with Crippen LogP contribution in [-0.4, -0.2) is 22.3 Å². The van der Waals surface area contributed by atoms with Crippen molar-refractivity contribution in [3.8, 4) is 0 Å². The van der Waals surface area contributed by atoms with Gasteiger partial charge in [-0.3, -0.25) is 4.79 Å². The highest BCUT2D eigenvalue weighted by Gasteiger charge is 2.32. The molecule has 1 fully saturated rings. The van der Waals surface area contributed by atoms with E-state index in [2.05, 4.69) is 25.8 Å². The molecule has 0 aliphatic carbocycles. The molecule has 17 heavy (non-hydrogen) atoms. The summed E-state index contributed by atoms with van der Waals surface area (Å²) in [6.45, 7) is 7.22. The molecule has 0 N–H and O–H groups in total. The summed E-state index contributed by atoms with van der Waals surface area (Å²) in [7, 11) is 0. The summed E-state index contributed by atoms with van der Waals surface area (Å²) in [5.74, 6) is 0.273. The molecule has 2 rings (SSSR count). The fourth-order valence-corrected chi connectivity index (χ4v) is 3.06. The number of rotatable bonds is 2. The van der Waals surface area contributed by atoms with Gasteiger partial charge in [-0.1, -0.05) is 20.8 Å². The van der Waals surface area contributed by atoms with Crippen molar-refractivity contribution in [2.45, 2.75) is 46.1 Å². The lowest BCUT2D eigenvalue weighted by atomic mass is 9.91. The molecule has 1 aromatic rings. The van der Waals surface area contributed by atoms with Crippen LogP contribution in [0.3, 0.4) is 0 Å². The Bertz CT molecular complexity index is 381.